The Labute approximate surface area is 156 Å². The van der Waals surface area contributed by atoms with E-state index in [1.807, 2.05) is 11.3 Å². The highest BCUT2D eigenvalue weighted by Gasteiger charge is 2.26. The highest BCUT2D eigenvalue weighted by atomic mass is 32.1. The monoisotopic (exact) mass is 364 g/mol. The Balaban J connectivity index is 1.82. The van der Waals surface area contributed by atoms with Crippen molar-refractivity contribution in [3.63, 3.8) is 0 Å². The maximum atomic E-state index is 2.41. The predicted molar refractivity (Wildman–Crippen MR) is 114 cm³/mol. The summed E-state index contributed by atoms with van der Waals surface area (Å²) >= 11 is 1.99. The molecule has 2 aromatic carbocycles. The van der Waals surface area contributed by atoms with Gasteiger partial charge in [-0.2, -0.15) is 0 Å². The predicted octanol–water partition coefficient (Wildman–Crippen LogP) is 5.78. The fourth-order valence-electron chi connectivity index (χ4n) is 3.81. The molecule has 0 atom stereocenters. The summed E-state index contributed by atoms with van der Waals surface area (Å²) in [5.41, 5.74) is 2.67. The molecule has 0 bridgehead atoms. The average Bonchev–Trinajstić information content (AvgIpc) is 3.30. The summed E-state index contributed by atoms with van der Waals surface area (Å²) in [5, 5.41) is 6.87. The molecule has 0 N–H and O–H groups in total. The zero-order chi connectivity index (χ0) is 17.2. The van der Waals surface area contributed by atoms with Gasteiger partial charge in [-0.1, -0.05) is 72.5 Å². The quantitative estimate of drug-likeness (QED) is 0.515. The Kier molecular flexibility index (Phi) is 5.06. The van der Waals surface area contributed by atoms with E-state index < -0.39 is 7.92 Å². The minimum Gasteiger partial charge on any atom is -0.148 e. The second-order valence-corrected chi connectivity index (χ2v) is 10.3. The van der Waals surface area contributed by atoms with Crippen LogP contribution in [0, 0.1) is 13.8 Å². The molecule has 3 aromatic rings. The van der Waals surface area contributed by atoms with Gasteiger partial charge in [0, 0.05) is 4.88 Å². The number of aryl methyl sites for hydroxylation is 2. The number of hydrogen-bond acceptors (Lipinski definition) is 1. The highest BCUT2D eigenvalue weighted by molar-refractivity contribution is 7.80. The third-order valence-electron chi connectivity index (χ3n) is 5.22. The van der Waals surface area contributed by atoms with Crippen LogP contribution < -0.4 is 15.9 Å². The summed E-state index contributed by atoms with van der Waals surface area (Å²) in [5.74, 6) is 0.788. The van der Waals surface area contributed by atoms with Gasteiger partial charge in [-0.25, -0.2) is 0 Å². The van der Waals surface area contributed by atoms with Gasteiger partial charge in [0.1, 0.15) is 0 Å². The van der Waals surface area contributed by atoms with Crippen LogP contribution in [0.5, 0.6) is 0 Å². The fourth-order valence-corrected chi connectivity index (χ4v) is 7.68. The van der Waals surface area contributed by atoms with Gasteiger partial charge < -0.3 is 0 Å². The van der Waals surface area contributed by atoms with Gasteiger partial charge in [0.15, 0.2) is 0 Å². The second kappa shape index (κ2) is 7.44. The maximum absolute atomic E-state index is 2.41. The Bertz CT molecular complexity index is 778. The lowest BCUT2D eigenvalue weighted by atomic mass is 10.1. The Morgan fingerprint density at radius 2 is 1.28 bits per heavy atom. The number of rotatable bonds is 4. The molecule has 4 rings (SSSR count). The van der Waals surface area contributed by atoms with Gasteiger partial charge in [0.05, 0.1) is 0 Å². The molecule has 25 heavy (non-hydrogen) atoms. The van der Waals surface area contributed by atoms with Crippen molar-refractivity contribution in [2.24, 2.45) is 0 Å². The normalized spacial score (nSPS) is 15.2. The Hall–Kier alpha value is -1.43. The molecule has 0 nitrogen and oxygen atoms in total. The van der Waals surface area contributed by atoms with Crippen LogP contribution in [0.2, 0.25) is 0 Å². The van der Waals surface area contributed by atoms with Gasteiger partial charge in [-0.15, -0.1) is 11.3 Å². The van der Waals surface area contributed by atoms with Gasteiger partial charge in [0.2, 0.25) is 0 Å². The van der Waals surface area contributed by atoms with Gasteiger partial charge in [-0.05, 0) is 67.9 Å². The molecule has 0 radical (unpaired) electrons. The smallest absolute Gasteiger partial charge is 0.0160 e. The van der Waals surface area contributed by atoms with Crippen molar-refractivity contribution in [1.82, 2.24) is 0 Å². The number of thiophene rings is 1. The van der Waals surface area contributed by atoms with Crippen LogP contribution in [0.1, 0.15) is 47.6 Å². The lowest BCUT2D eigenvalue weighted by Gasteiger charge is -2.22. The largest absolute Gasteiger partial charge is 0.148 e. The maximum Gasteiger partial charge on any atom is 0.0160 e. The molecule has 1 saturated carbocycles. The van der Waals surface area contributed by atoms with Crippen LogP contribution in [0.15, 0.2) is 60.0 Å². The van der Waals surface area contributed by atoms with E-state index in [4.69, 9.17) is 0 Å². The zero-order valence-corrected chi connectivity index (χ0v) is 16.7. The first-order valence-electron chi connectivity index (χ1n) is 9.23. The van der Waals surface area contributed by atoms with E-state index in [-0.39, 0.29) is 0 Å². The molecular weight excluding hydrogens is 339 g/mol. The first kappa shape index (κ1) is 17.0. The molecule has 1 aromatic heterocycles. The van der Waals surface area contributed by atoms with Crippen molar-refractivity contribution in [3.05, 3.63) is 76.0 Å². The molecule has 1 aliphatic carbocycles. The Morgan fingerprint density at radius 3 is 1.80 bits per heavy atom. The molecular formula is C23H25PS. The first-order chi connectivity index (χ1) is 12.2. The first-order valence-corrected chi connectivity index (χ1v) is 11.5. The zero-order valence-electron chi connectivity index (χ0n) is 15.0. The topological polar surface area (TPSA) is 0 Å². The summed E-state index contributed by atoms with van der Waals surface area (Å²) in [6.45, 7) is 4.35. The summed E-state index contributed by atoms with van der Waals surface area (Å²) in [6.07, 6.45) is 5.54. The lowest BCUT2D eigenvalue weighted by Crippen LogP contribution is -2.22. The van der Waals surface area contributed by atoms with Crippen LogP contribution in [0.3, 0.4) is 0 Å². The van der Waals surface area contributed by atoms with Crippen molar-refractivity contribution in [3.8, 4) is 0 Å². The van der Waals surface area contributed by atoms with E-state index in [9.17, 15) is 0 Å². The van der Waals surface area contributed by atoms with E-state index >= 15 is 0 Å². The molecule has 0 saturated heterocycles. The average molecular weight is 364 g/mol. The van der Waals surface area contributed by atoms with Crippen molar-refractivity contribution < 1.29 is 0 Å². The minimum atomic E-state index is -0.460. The van der Waals surface area contributed by atoms with E-state index in [0.717, 1.165) is 5.92 Å². The van der Waals surface area contributed by atoms with Crippen molar-refractivity contribution in [1.29, 1.82) is 0 Å². The summed E-state index contributed by atoms with van der Waals surface area (Å²) in [4.78, 5) is 1.66. The van der Waals surface area contributed by atoms with Crippen LogP contribution >= 0.6 is 19.3 Å². The Morgan fingerprint density at radius 1 is 0.760 bits per heavy atom. The SMILES string of the molecule is Cc1ccc(P(c2ccc(C)cc2)c2ccsc2C2CCCC2)cc1. The van der Waals surface area contributed by atoms with E-state index in [0.29, 0.717) is 0 Å². The molecule has 0 unspecified atom stereocenters. The summed E-state index contributed by atoms with van der Waals surface area (Å²) < 4.78 is 0. The van der Waals surface area contributed by atoms with Crippen molar-refractivity contribution in [2.75, 3.05) is 0 Å². The minimum absolute atomic E-state index is 0.460. The second-order valence-electron chi connectivity index (χ2n) is 7.16. The molecule has 0 aliphatic heterocycles. The molecule has 1 heterocycles. The highest BCUT2D eigenvalue weighted by Crippen LogP contribution is 2.42. The van der Waals surface area contributed by atoms with Crippen molar-refractivity contribution >= 4 is 35.2 Å². The fraction of sp³-hybridized carbons (Fsp3) is 0.304. The third kappa shape index (κ3) is 3.59. The van der Waals surface area contributed by atoms with Crippen LogP contribution in [-0.2, 0) is 0 Å². The summed E-state index contributed by atoms with van der Waals surface area (Å²) in [7, 11) is -0.460. The summed E-state index contributed by atoms with van der Waals surface area (Å²) in [6, 6.07) is 20.8. The van der Waals surface area contributed by atoms with Gasteiger partial charge in [-0.3, -0.25) is 0 Å². The molecule has 1 aliphatic rings. The molecule has 0 amide bonds. The van der Waals surface area contributed by atoms with Crippen LogP contribution in [0.4, 0.5) is 0 Å². The molecule has 1 fully saturated rings. The van der Waals surface area contributed by atoms with Crippen molar-refractivity contribution in [2.45, 2.75) is 45.4 Å². The lowest BCUT2D eigenvalue weighted by molar-refractivity contribution is 0.742. The number of hydrogen-bond donors (Lipinski definition) is 0. The van der Waals surface area contributed by atoms with E-state index in [2.05, 4.69) is 73.8 Å². The number of benzene rings is 2. The molecule has 128 valence electrons. The van der Waals surface area contributed by atoms with Crippen LogP contribution in [0.25, 0.3) is 0 Å². The molecule has 2 heteroatoms. The third-order valence-corrected chi connectivity index (χ3v) is 8.96. The van der Waals surface area contributed by atoms with Gasteiger partial charge in [0.25, 0.3) is 0 Å². The molecule has 0 spiro atoms. The van der Waals surface area contributed by atoms with Crippen LogP contribution in [-0.4, -0.2) is 0 Å². The van der Waals surface area contributed by atoms with E-state index in [1.165, 1.54) is 47.4 Å². The van der Waals surface area contributed by atoms with E-state index in [1.54, 1.807) is 10.2 Å². The standard InChI is InChI=1S/C23H25PS/c1-17-7-11-20(12-8-17)24(21-13-9-18(2)10-14-21)22-15-16-25-23(22)19-5-3-4-6-19/h7-16,19H,3-6H2,1-2H3. The van der Waals surface area contributed by atoms with Gasteiger partial charge >= 0.3 is 0 Å².